The third-order valence-electron chi connectivity index (χ3n) is 2.43. The van der Waals surface area contributed by atoms with Gasteiger partial charge in [0, 0.05) is 22.9 Å². The maximum absolute atomic E-state index is 8.92. The van der Waals surface area contributed by atoms with Gasteiger partial charge in [-0.1, -0.05) is 35.8 Å². The maximum Gasteiger partial charge on any atom is 0.170 e. The molecule has 1 aromatic carbocycles. The van der Waals surface area contributed by atoms with E-state index >= 15 is 0 Å². The Bertz CT molecular complexity index is 427. The van der Waals surface area contributed by atoms with Crippen molar-refractivity contribution in [1.82, 2.24) is 0 Å². The molecule has 0 saturated carbocycles. The number of nitrogens with zero attached hydrogens (tertiary/aromatic N) is 1. The summed E-state index contributed by atoms with van der Waals surface area (Å²) in [7, 11) is 0. The van der Waals surface area contributed by atoms with Crippen molar-refractivity contribution < 1.29 is 10.3 Å². The van der Waals surface area contributed by atoms with Gasteiger partial charge in [0.1, 0.15) is 0 Å². The Hall–Kier alpha value is -0.910. The largest absolute Gasteiger partial charge is 0.409 e. The van der Waals surface area contributed by atoms with E-state index in [4.69, 9.17) is 27.6 Å². The fraction of sp³-hybridized carbons (Fsp3) is 0.417. The minimum atomic E-state index is 0.0463. The first-order valence-electron chi connectivity index (χ1n) is 5.53. The monoisotopic (exact) mass is 288 g/mol. The van der Waals surface area contributed by atoms with Crippen LogP contribution < -0.4 is 5.73 Å². The molecule has 0 aromatic heterocycles. The molecule has 0 fully saturated rings. The summed E-state index contributed by atoms with van der Waals surface area (Å²) in [5.41, 5.74) is 7.08. The molecule has 0 radical (unpaired) electrons. The number of thioether (sulfide) groups is 1. The number of oxime groups is 1. The van der Waals surface area contributed by atoms with Crippen LogP contribution in [0.1, 0.15) is 18.1 Å². The number of nitrogens with two attached hydrogens (primary N) is 1. The highest BCUT2D eigenvalue weighted by Crippen LogP contribution is 2.23. The van der Waals surface area contributed by atoms with Gasteiger partial charge in [-0.15, -0.1) is 0 Å². The molecule has 0 spiro atoms. The second-order valence-electron chi connectivity index (χ2n) is 4.09. The van der Waals surface area contributed by atoms with Crippen molar-refractivity contribution in [2.75, 3.05) is 12.4 Å². The van der Waals surface area contributed by atoms with Crippen LogP contribution in [0.3, 0.4) is 0 Å². The molecule has 1 unspecified atom stereocenters. The first-order valence-corrected chi connectivity index (χ1v) is 7.06. The third-order valence-corrected chi connectivity index (χ3v) is 4.10. The van der Waals surface area contributed by atoms with E-state index in [9.17, 15) is 0 Å². The van der Waals surface area contributed by atoms with E-state index in [0.29, 0.717) is 10.6 Å². The summed E-state index contributed by atoms with van der Waals surface area (Å²) in [4.78, 5) is 0. The van der Waals surface area contributed by atoms with E-state index in [-0.39, 0.29) is 18.4 Å². The summed E-state index contributed by atoms with van der Waals surface area (Å²) < 4.78 is 0. The summed E-state index contributed by atoms with van der Waals surface area (Å²) in [6.07, 6.45) is 0. The second kappa shape index (κ2) is 7.51. The molecular formula is C12H17ClN2O2S. The molecule has 0 heterocycles. The van der Waals surface area contributed by atoms with Gasteiger partial charge in [-0.25, -0.2) is 0 Å². The Balaban J connectivity index is 2.63. The summed E-state index contributed by atoms with van der Waals surface area (Å²) >= 11 is 7.84. The maximum atomic E-state index is 8.92. The van der Waals surface area contributed by atoms with Gasteiger partial charge in [0.25, 0.3) is 0 Å². The normalized spacial score (nSPS) is 13.6. The molecule has 6 heteroatoms. The van der Waals surface area contributed by atoms with E-state index in [1.165, 1.54) is 0 Å². The highest BCUT2D eigenvalue weighted by molar-refractivity contribution is 7.98. The summed E-state index contributed by atoms with van der Waals surface area (Å²) in [5.74, 6) is 1.99. The van der Waals surface area contributed by atoms with Crippen molar-refractivity contribution >= 4 is 29.2 Å². The topological polar surface area (TPSA) is 78.8 Å². The number of hydrogen-bond donors (Lipinski definition) is 3. The lowest BCUT2D eigenvalue weighted by Crippen LogP contribution is -2.13. The molecule has 0 aliphatic heterocycles. The highest BCUT2D eigenvalue weighted by atomic mass is 35.5. The van der Waals surface area contributed by atoms with Gasteiger partial charge in [-0.05, 0) is 23.3 Å². The van der Waals surface area contributed by atoms with Gasteiger partial charge in [-0.3, -0.25) is 0 Å². The zero-order chi connectivity index (χ0) is 13.5. The van der Waals surface area contributed by atoms with Crippen LogP contribution in [-0.4, -0.2) is 28.5 Å². The molecule has 0 amide bonds. The van der Waals surface area contributed by atoms with Crippen molar-refractivity contribution in [2.24, 2.45) is 16.8 Å². The van der Waals surface area contributed by atoms with Crippen molar-refractivity contribution in [1.29, 1.82) is 0 Å². The zero-order valence-electron chi connectivity index (χ0n) is 10.1. The van der Waals surface area contributed by atoms with Gasteiger partial charge < -0.3 is 16.0 Å². The number of aliphatic hydroxyl groups excluding tert-OH is 1. The van der Waals surface area contributed by atoms with E-state index in [1.54, 1.807) is 23.9 Å². The van der Waals surface area contributed by atoms with E-state index in [2.05, 4.69) is 5.16 Å². The summed E-state index contributed by atoms with van der Waals surface area (Å²) in [6.45, 7) is 2.19. The Morgan fingerprint density at radius 2 is 2.28 bits per heavy atom. The van der Waals surface area contributed by atoms with Crippen LogP contribution in [0.4, 0.5) is 0 Å². The molecule has 0 aliphatic carbocycles. The lowest BCUT2D eigenvalue weighted by atomic mass is 10.1. The first kappa shape index (κ1) is 15.1. The quantitative estimate of drug-likeness (QED) is 0.325. The Kier molecular flexibility index (Phi) is 6.32. The molecule has 1 aromatic rings. The molecule has 4 nitrogen and oxygen atoms in total. The van der Waals surface area contributed by atoms with Crippen LogP contribution in [-0.2, 0) is 5.75 Å². The predicted molar refractivity (Wildman–Crippen MR) is 76.4 cm³/mol. The molecule has 4 N–H and O–H groups in total. The van der Waals surface area contributed by atoms with Crippen molar-refractivity contribution in [3.05, 3.63) is 34.3 Å². The molecule has 0 bridgehead atoms. The van der Waals surface area contributed by atoms with Gasteiger partial charge in [-0.2, -0.15) is 11.8 Å². The number of rotatable bonds is 6. The van der Waals surface area contributed by atoms with Crippen LogP contribution in [0.15, 0.2) is 23.4 Å². The van der Waals surface area contributed by atoms with Crippen LogP contribution in [0.2, 0.25) is 5.02 Å². The van der Waals surface area contributed by atoms with Gasteiger partial charge in [0.2, 0.25) is 0 Å². The van der Waals surface area contributed by atoms with E-state index < -0.39 is 0 Å². The Morgan fingerprint density at radius 3 is 2.83 bits per heavy atom. The number of amidine groups is 1. The fourth-order valence-corrected chi connectivity index (χ4v) is 2.73. The van der Waals surface area contributed by atoms with Crippen molar-refractivity contribution in [3.8, 4) is 0 Å². The molecule has 100 valence electrons. The molecule has 1 atom stereocenters. The Labute approximate surface area is 116 Å². The highest BCUT2D eigenvalue weighted by Gasteiger charge is 2.06. The first-order chi connectivity index (χ1) is 8.58. The minimum Gasteiger partial charge on any atom is -0.409 e. The SMILES string of the molecule is CC(CO)CSCc1ccc(/C(N)=N/O)cc1Cl. The third kappa shape index (κ3) is 4.40. The standard InChI is InChI=1S/C12H17ClN2O2S/c1-8(5-16)6-18-7-10-3-2-9(4-11(10)13)12(14)15-17/h2-4,8,16-17H,5-7H2,1H3,(H2,14,15). The van der Waals surface area contributed by atoms with Gasteiger partial charge in [0.05, 0.1) is 0 Å². The average Bonchev–Trinajstić information content (AvgIpc) is 2.39. The van der Waals surface area contributed by atoms with Crippen molar-refractivity contribution in [2.45, 2.75) is 12.7 Å². The molecular weight excluding hydrogens is 272 g/mol. The summed E-state index contributed by atoms with van der Waals surface area (Å²) in [5, 5.41) is 21.0. The lowest BCUT2D eigenvalue weighted by molar-refractivity contribution is 0.250. The molecule has 18 heavy (non-hydrogen) atoms. The minimum absolute atomic E-state index is 0.0463. The molecule has 0 saturated heterocycles. The predicted octanol–water partition coefficient (Wildman–Crippen LogP) is 2.30. The van der Waals surface area contributed by atoms with Crippen LogP contribution in [0.5, 0.6) is 0 Å². The second-order valence-corrected chi connectivity index (χ2v) is 5.53. The van der Waals surface area contributed by atoms with Gasteiger partial charge >= 0.3 is 0 Å². The van der Waals surface area contributed by atoms with Gasteiger partial charge in [0.15, 0.2) is 5.84 Å². The average molecular weight is 289 g/mol. The molecule has 0 aliphatic rings. The number of aliphatic hydroxyl groups is 1. The van der Waals surface area contributed by atoms with Crippen LogP contribution >= 0.6 is 23.4 Å². The lowest BCUT2D eigenvalue weighted by Gasteiger charge is -2.09. The summed E-state index contributed by atoms with van der Waals surface area (Å²) in [6, 6.07) is 5.32. The number of benzene rings is 1. The Morgan fingerprint density at radius 1 is 1.56 bits per heavy atom. The number of hydrogen-bond acceptors (Lipinski definition) is 4. The molecule has 1 rings (SSSR count). The number of halogens is 1. The van der Waals surface area contributed by atoms with E-state index in [0.717, 1.165) is 17.1 Å². The fourth-order valence-electron chi connectivity index (χ4n) is 1.30. The smallest absolute Gasteiger partial charge is 0.170 e. The van der Waals surface area contributed by atoms with E-state index in [1.807, 2.05) is 13.0 Å². The zero-order valence-corrected chi connectivity index (χ0v) is 11.7. The van der Waals surface area contributed by atoms with Crippen molar-refractivity contribution in [3.63, 3.8) is 0 Å². The van der Waals surface area contributed by atoms with Crippen LogP contribution in [0.25, 0.3) is 0 Å². The van der Waals surface area contributed by atoms with Crippen LogP contribution in [0, 0.1) is 5.92 Å².